The summed E-state index contributed by atoms with van der Waals surface area (Å²) in [5.41, 5.74) is 2.79. The van der Waals surface area contributed by atoms with Gasteiger partial charge in [-0.3, -0.25) is 14.6 Å². The summed E-state index contributed by atoms with van der Waals surface area (Å²) >= 11 is 0. The van der Waals surface area contributed by atoms with Crippen molar-refractivity contribution in [2.45, 2.75) is 26.1 Å². The predicted octanol–water partition coefficient (Wildman–Crippen LogP) is 3.49. The van der Waals surface area contributed by atoms with Crippen molar-refractivity contribution >= 4 is 17.5 Å². The smallest absolute Gasteiger partial charge is 0.272 e. The van der Waals surface area contributed by atoms with Gasteiger partial charge in [0.05, 0.1) is 24.1 Å². The van der Waals surface area contributed by atoms with Gasteiger partial charge in [0.2, 0.25) is 0 Å². The zero-order valence-electron chi connectivity index (χ0n) is 19.0. The van der Waals surface area contributed by atoms with E-state index in [-0.39, 0.29) is 17.2 Å². The van der Waals surface area contributed by atoms with E-state index >= 15 is 0 Å². The Hall–Kier alpha value is -4.20. The first-order valence-electron chi connectivity index (χ1n) is 11.1. The van der Waals surface area contributed by atoms with Crippen LogP contribution in [0.5, 0.6) is 0 Å². The van der Waals surface area contributed by atoms with Gasteiger partial charge in [0.25, 0.3) is 11.8 Å². The van der Waals surface area contributed by atoms with Crippen molar-refractivity contribution in [3.63, 3.8) is 0 Å². The average molecular weight is 456 g/mol. The summed E-state index contributed by atoms with van der Waals surface area (Å²) in [4.78, 5) is 35.1. The fourth-order valence-electron chi connectivity index (χ4n) is 4.98. The number of nitrogens with zero attached hydrogens (tertiary/aromatic N) is 4. The summed E-state index contributed by atoms with van der Waals surface area (Å²) in [5, 5.41) is 17.7. The third-order valence-electron chi connectivity index (χ3n) is 6.68. The van der Waals surface area contributed by atoms with Gasteiger partial charge in [-0.25, -0.2) is 0 Å². The Morgan fingerprint density at radius 2 is 1.94 bits per heavy atom. The van der Waals surface area contributed by atoms with E-state index in [0.29, 0.717) is 31.6 Å². The first-order chi connectivity index (χ1) is 16.4. The van der Waals surface area contributed by atoms with Crippen LogP contribution in [-0.4, -0.2) is 55.1 Å². The summed E-state index contributed by atoms with van der Waals surface area (Å²) in [5.74, 6) is -0.656. The van der Waals surface area contributed by atoms with E-state index in [1.165, 1.54) is 6.92 Å². The summed E-state index contributed by atoms with van der Waals surface area (Å²) in [6.45, 7) is 4.41. The Bertz CT molecular complexity index is 1330. The molecule has 0 spiro atoms. The number of carbonyl (C=O) groups is 2. The Morgan fingerprint density at radius 1 is 1.18 bits per heavy atom. The van der Waals surface area contributed by atoms with E-state index in [2.05, 4.69) is 4.98 Å². The number of fused-ring (bicyclic) bond motifs is 2. The number of rotatable bonds is 4. The molecule has 1 aromatic carbocycles. The summed E-state index contributed by atoms with van der Waals surface area (Å²) < 4.78 is 1.88. The standard InChI is InChI=1S/C26H25N5O3/c1-17-6-8-20(9-7-17)26-16-29-14-19(22-5-3-4-10-28-22)13-23(29)25(34)31(26)12-11-30(26)24(33)21(15-32)18(2)27/h3-10,13-15,27,32H,11-12,16H2,1-2H3/b21-15+,27-18?. The SMILES string of the molecule is CC(=N)/C(=C\O)C(=O)N1CCN2C(=O)c3cc(-c4ccccn4)cn3CC12c1ccc(C)cc1. The fourth-order valence-corrected chi connectivity index (χ4v) is 4.98. The molecule has 4 heterocycles. The molecule has 0 bridgehead atoms. The van der Waals surface area contributed by atoms with Crippen LogP contribution < -0.4 is 0 Å². The van der Waals surface area contributed by atoms with E-state index in [9.17, 15) is 14.7 Å². The third-order valence-corrected chi connectivity index (χ3v) is 6.68. The first kappa shape index (κ1) is 21.6. The quantitative estimate of drug-likeness (QED) is 0.357. The van der Waals surface area contributed by atoms with Gasteiger partial charge in [-0.15, -0.1) is 0 Å². The predicted molar refractivity (Wildman–Crippen MR) is 127 cm³/mol. The number of aromatic nitrogens is 2. The molecule has 0 saturated carbocycles. The van der Waals surface area contributed by atoms with Gasteiger partial charge in [-0.2, -0.15) is 0 Å². The van der Waals surface area contributed by atoms with Crippen LogP contribution in [0, 0.1) is 12.3 Å². The van der Waals surface area contributed by atoms with Crippen molar-refractivity contribution in [2.24, 2.45) is 0 Å². The van der Waals surface area contributed by atoms with Crippen molar-refractivity contribution < 1.29 is 14.7 Å². The van der Waals surface area contributed by atoms with Gasteiger partial charge in [-0.1, -0.05) is 35.9 Å². The number of aliphatic hydroxyl groups is 1. The molecule has 34 heavy (non-hydrogen) atoms. The molecular formula is C26H25N5O3. The highest BCUT2D eigenvalue weighted by Gasteiger charge is 2.56. The minimum absolute atomic E-state index is 0.0359. The molecule has 8 nitrogen and oxygen atoms in total. The van der Waals surface area contributed by atoms with Crippen molar-refractivity contribution in [3.8, 4) is 11.3 Å². The van der Waals surface area contributed by atoms with Crippen LogP contribution in [0.15, 0.2) is 72.8 Å². The third kappa shape index (κ3) is 3.14. The number of amides is 2. The molecule has 1 fully saturated rings. The molecule has 1 atom stereocenters. The Labute approximate surface area is 197 Å². The molecule has 2 amide bonds. The van der Waals surface area contributed by atoms with Crippen molar-refractivity contribution in [1.82, 2.24) is 19.4 Å². The Kier molecular flexibility index (Phi) is 5.08. The summed E-state index contributed by atoms with van der Waals surface area (Å²) in [7, 11) is 0. The molecule has 0 radical (unpaired) electrons. The maximum atomic E-state index is 13.8. The minimum Gasteiger partial charge on any atom is -0.515 e. The van der Waals surface area contributed by atoms with Gasteiger partial charge in [0.15, 0.2) is 5.66 Å². The van der Waals surface area contributed by atoms with Crippen LogP contribution in [0.3, 0.4) is 0 Å². The molecule has 172 valence electrons. The molecule has 3 aromatic rings. The second-order valence-electron chi connectivity index (χ2n) is 8.72. The van der Waals surface area contributed by atoms with Crippen LogP contribution in [0.25, 0.3) is 11.3 Å². The lowest BCUT2D eigenvalue weighted by molar-refractivity contribution is -0.136. The van der Waals surface area contributed by atoms with Crippen LogP contribution in [0.2, 0.25) is 0 Å². The number of aliphatic hydroxyl groups excluding tert-OH is 1. The lowest BCUT2D eigenvalue weighted by atomic mass is 9.92. The van der Waals surface area contributed by atoms with Crippen LogP contribution in [-0.2, 0) is 17.0 Å². The largest absolute Gasteiger partial charge is 0.515 e. The first-order valence-corrected chi connectivity index (χ1v) is 11.1. The lowest BCUT2D eigenvalue weighted by Crippen LogP contribution is -2.60. The maximum Gasteiger partial charge on any atom is 0.272 e. The molecule has 2 N–H and O–H groups in total. The normalized spacial score (nSPS) is 19.7. The van der Waals surface area contributed by atoms with Gasteiger partial charge < -0.3 is 24.9 Å². The molecule has 2 aliphatic rings. The van der Waals surface area contributed by atoms with E-state index in [0.717, 1.165) is 22.4 Å². The molecule has 1 saturated heterocycles. The van der Waals surface area contributed by atoms with Gasteiger partial charge >= 0.3 is 0 Å². The fraction of sp³-hybridized carbons (Fsp3) is 0.231. The average Bonchev–Trinajstić information content (AvgIpc) is 3.43. The number of hydrogen-bond acceptors (Lipinski definition) is 5. The highest BCUT2D eigenvalue weighted by molar-refractivity contribution is 6.19. The molecule has 2 aromatic heterocycles. The number of hydrogen-bond donors (Lipinski definition) is 2. The van der Waals surface area contributed by atoms with Gasteiger partial charge in [0.1, 0.15) is 5.69 Å². The van der Waals surface area contributed by atoms with E-state index in [1.807, 2.05) is 66.2 Å². The summed E-state index contributed by atoms with van der Waals surface area (Å²) in [6.07, 6.45) is 4.29. The Balaban J connectivity index is 1.68. The van der Waals surface area contributed by atoms with Crippen molar-refractivity contribution in [3.05, 3.63) is 89.6 Å². The second-order valence-corrected chi connectivity index (χ2v) is 8.72. The molecule has 5 rings (SSSR count). The molecule has 1 unspecified atom stereocenters. The zero-order valence-corrected chi connectivity index (χ0v) is 19.0. The topological polar surface area (TPSA) is 103 Å². The van der Waals surface area contributed by atoms with Crippen LogP contribution in [0.4, 0.5) is 0 Å². The Morgan fingerprint density at radius 3 is 2.59 bits per heavy atom. The number of carbonyl (C=O) groups excluding carboxylic acids is 2. The van der Waals surface area contributed by atoms with Crippen LogP contribution >= 0.6 is 0 Å². The van der Waals surface area contributed by atoms with Crippen LogP contribution in [0.1, 0.15) is 28.5 Å². The van der Waals surface area contributed by atoms with E-state index in [1.54, 1.807) is 16.0 Å². The van der Waals surface area contributed by atoms with Crippen molar-refractivity contribution in [1.29, 1.82) is 5.41 Å². The number of pyridine rings is 1. The van der Waals surface area contributed by atoms with Crippen molar-refractivity contribution in [2.75, 3.05) is 13.1 Å². The van der Waals surface area contributed by atoms with Gasteiger partial charge in [0, 0.05) is 36.8 Å². The zero-order chi connectivity index (χ0) is 24.0. The molecule has 2 aliphatic heterocycles. The highest BCUT2D eigenvalue weighted by Crippen LogP contribution is 2.44. The monoisotopic (exact) mass is 455 g/mol. The molecule has 8 heteroatoms. The molecular weight excluding hydrogens is 430 g/mol. The summed E-state index contributed by atoms with van der Waals surface area (Å²) in [6, 6.07) is 15.3. The number of aryl methyl sites for hydroxylation is 1. The lowest BCUT2D eigenvalue weighted by Gasteiger charge is -2.47. The highest BCUT2D eigenvalue weighted by atomic mass is 16.2. The molecule has 0 aliphatic carbocycles. The van der Waals surface area contributed by atoms with E-state index in [4.69, 9.17) is 5.41 Å². The van der Waals surface area contributed by atoms with E-state index < -0.39 is 11.6 Å². The second kappa shape index (κ2) is 7.98. The van der Waals surface area contributed by atoms with Gasteiger partial charge in [-0.05, 0) is 37.6 Å². The number of nitrogens with one attached hydrogen (secondary N) is 1. The minimum atomic E-state index is -1.08. The maximum absolute atomic E-state index is 13.8. The number of benzene rings is 1.